The van der Waals surface area contributed by atoms with Crippen LogP contribution in [0.2, 0.25) is 0 Å². The summed E-state index contributed by atoms with van der Waals surface area (Å²) in [6, 6.07) is 20.3. The number of hydrogen-bond acceptors (Lipinski definition) is 5. The van der Waals surface area contributed by atoms with Gasteiger partial charge >= 0.3 is 0 Å². The Morgan fingerprint density at radius 3 is 2.41 bits per heavy atom. The Morgan fingerprint density at radius 1 is 1.03 bits per heavy atom. The number of thioether (sulfide) groups is 1. The Balaban J connectivity index is 1.66. The van der Waals surface area contributed by atoms with E-state index in [1.54, 1.807) is 43.5 Å². The molecule has 1 aromatic heterocycles. The molecule has 0 atom stereocenters. The summed E-state index contributed by atoms with van der Waals surface area (Å²) in [5.41, 5.74) is 3.99. The van der Waals surface area contributed by atoms with Crippen LogP contribution in [0.15, 0.2) is 76.7 Å². The minimum atomic E-state index is -0.182. The lowest BCUT2D eigenvalue weighted by Gasteiger charge is -2.14. The van der Waals surface area contributed by atoms with Gasteiger partial charge in [0.1, 0.15) is 5.75 Å². The quantitative estimate of drug-likeness (QED) is 0.343. The molecule has 4 rings (SSSR count). The Labute approximate surface area is 190 Å². The lowest BCUT2D eigenvalue weighted by molar-refractivity contribution is -0.113. The summed E-state index contributed by atoms with van der Waals surface area (Å²) < 4.78 is 6.77. The minimum absolute atomic E-state index is 0.119. The number of anilines is 1. The maximum absolute atomic E-state index is 13.3. The molecule has 1 amide bonds. The number of fused-ring (bicyclic) bond motifs is 1. The number of carbonyl (C=O) groups excluding carboxylic acids is 1. The van der Waals surface area contributed by atoms with Crippen molar-refractivity contribution in [3.8, 4) is 11.4 Å². The Morgan fingerprint density at radius 2 is 1.72 bits per heavy atom. The van der Waals surface area contributed by atoms with Gasteiger partial charge in [0.05, 0.1) is 29.5 Å². The van der Waals surface area contributed by atoms with Crippen LogP contribution >= 0.6 is 11.8 Å². The average Bonchev–Trinajstić information content (AvgIpc) is 2.77. The van der Waals surface area contributed by atoms with Crippen LogP contribution in [0.5, 0.6) is 5.75 Å². The third-order valence-corrected chi connectivity index (χ3v) is 5.85. The topological polar surface area (TPSA) is 73.2 Å². The van der Waals surface area contributed by atoms with Gasteiger partial charge in [-0.15, -0.1) is 0 Å². The van der Waals surface area contributed by atoms with Crippen molar-refractivity contribution in [2.24, 2.45) is 0 Å². The predicted octanol–water partition coefficient (Wildman–Crippen LogP) is 4.74. The fourth-order valence-corrected chi connectivity index (χ4v) is 4.35. The van der Waals surface area contributed by atoms with Crippen molar-refractivity contribution in [3.63, 3.8) is 0 Å². The molecule has 162 valence electrons. The standard InChI is InChI=1S/C25H23N3O3S/c1-16-12-17(2)14-18(13-16)26-23(29)15-32-25-27-22-7-5-4-6-21(22)24(30)28(25)19-8-10-20(31-3)11-9-19/h4-14H,15H2,1-3H3,(H,26,29). The van der Waals surface area contributed by atoms with Gasteiger partial charge in [0, 0.05) is 5.69 Å². The van der Waals surface area contributed by atoms with Crippen molar-refractivity contribution < 1.29 is 9.53 Å². The van der Waals surface area contributed by atoms with Crippen LogP contribution in [0.25, 0.3) is 16.6 Å². The van der Waals surface area contributed by atoms with Gasteiger partial charge in [-0.3, -0.25) is 14.2 Å². The molecule has 0 aliphatic carbocycles. The Hall–Kier alpha value is -3.58. The lowest BCUT2D eigenvalue weighted by Crippen LogP contribution is -2.23. The molecule has 3 aromatic carbocycles. The van der Waals surface area contributed by atoms with Crippen molar-refractivity contribution in [1.82, 2.24) is 9.55 Å². The third kappa shape index (κ3) is 4.68. The number of rotatable bonds is 6. The van der Waals surface area contributed by atoms with Crippen LogP contribution in [0.3, 0.4) is 0 Å². The highest BCUT2D eigenvalue weighted by Crippen LogP contribution is 2.23. The molecule has 0 spiro atoms. The van der Waals surface area contributed by atoms with Crippen LogP contribution < -0.4 is 15.6 Å². The summed E-state index contributed by atoms with van der Waals surface area (Å²) in [5.74, 6) is 0.648. The van der Waals surface area contributed by atoms with Crippen molar-refractivity contribution in [3.05, 3.63) is 88.2 Å². The lowest BCUT2D eigenvalue weighted by atomic mass is 10.1. The second-order valence-electron chi connectivity index (χ2n) is 7.46. The van der Waals surface area contributed by atoms with Gasteiger partial charge in [-0.05, 0) is 73.5 Å². The van der Waals surface area contributed by atoms with E-state index in [1.165, 1.54) is 16.3 Å². The number of nitrogens with zero attached hydrogens (tertiary/aromatic N) is 2. The predicted molar refractivity (Wildman–Crippen MR) is 129 cm³/mol. The maximum atomic E-state index is 13.3. The first-order chi connectivity index (χ1) is 15.4. The molecule has 0 fully saturated rings. The van der Waals surface area contributed by atoms with Gasteiger partial charge in [-0.25, -0.2) is 4.98 Å². The molecule has 7 heteroatoms. The molecule has 0 aliphatic heterocycles. The molecular formula is C25H23N3O3S. The number of aromatic nitrogens is 2. The molecule has 0 aliphatic rings. The molecule has 1 N–H and O–H groups in total. The monoisotopic (exact) mass is 445 g/mol. The molecule has 0 radical (unpaired) electrons. The van der Waals surface area contributed by atoms with Crippen LogP contribution in [0.4, 0.5) is 5.69 Å². The fourth-order valence-electron chi connectivity index (χ4n) is 3.54. The second kappa shape index (κ2) is 9.28. The summed E-state index contributed by atoms with van der Waals surface area (Å²) in [7, 11) is 1.59. The number of carbonyl (C=O) groups is 1. The van der Waals surface area contributed by atoms with Crippen LogP contribution in [0.1, 0.15) is 11.1 Å². The van der Waals surface area contributed by atoms with Crippen LogP contribution in [-0.2, 0) is 4.79 Å². The summed E-state index contributed by atoms with van der Waals surface area (Å²) in [4.78, 5) is 30.6. The summed E-state index contributed by atoms with van der Waals surface area (Å²) in [5, 5.41) is 3.90. The van der Waals surface area contributed by atoms with Crippen molar-refractivity contribution >= 4 is 34.3 Å². The first-order valence-electron chi connectivity index (χ1n) is 10.1. The molecule has 0 saturated heterocycles. The largest absolute Gasteiger partial charge is 0.497 e. The number of nitrogens with one attached hydrogen (secondary N) is 1. The highest BCUT2D eigenvalue weighted by atomic mass is 32.2. The number of hydrogen-bond donors (Lipinski definition) is 1. The molecule has 6 nitrogen and oxygen atoms in total. The van der Waals surface area contributed by atoms with Gasteiger partial charge in [-0.1, -0.05) is 30.0 Å². The zero-order valence-corrected chi connectivity index (χ0v) is 18.9. The molecule has 0 saturated carbocycles. The van der Waals surface area contributed by atoms with Gasteiger partial charge < -0.3 is 10.1 Å². The van der Waals surface area contributed by atoms with E-state index in [1.807, 2.05) is 38.1 Å². The van der Waals surface area contributed by atoms with E-state index in [-0.39, 0.29) is 17.2 Å². The summed E-state index contributed by atoms with van der Waals surface area (Å²) in [6.07, 6.45) is 0. The van der Waals surface area contributed by atoms with E-state index in [0.717, 1.165) is 16.8 Å². The minimum Gasteiger partial charge on any atom is -0.497 e. The number of aryl methyl sites for hydroxylation is 2. The zero-order valence-electron chi connectivity index (χ0n) is 18.1. The first-order valence-corrected chi connectivity index (χ1v) is 11.1. The van der Waals surface area contributed by atoms with Crippen LogP contribution in [0, 0.1) is 13.8 Å². The van der Waals surface area contributed by atoms with E-state index in [2.05, 4.69) is 16.4 Å². The Kier molecular flexibility index (Phi) is 6.28. The highest BCUT2D eigenvalue weighted by Gasteiger charge is 2.15. The molecular weight excluding hydrogens is 422 g/mol. The van der Waals surface area contributed by atoms with Crippen molar-refractivity contribution in [2.45, 2.75) is 19.0 Å². The van der Waals surface area contributed by atoms with E-state index in [9.17, 15) is 9.59 Å². The highest BCUT2D eigenvalue weighted by molar-refractivity contribution is 7.99. The van der Waals surface area contributed by atoms with E-state index < -0.39 is 0 Å². The second-order valence-corrected chi connectivity index (χ2v) is 8.41. The molecule has 1 heterocycles. The van der Waals surface area contributed by atoms with Crippen molar-refractivity contribution in [1.29, 1.82) is 0 Å². The molecule has 0 unspecified atom stereocenters. The van der Waals surface area contributed by atoms with Crippen molar-refractivity contribution in [2.75, 3.05) is 18.2 Å². The zero-order chi connectivity index (χ0) is 22.7. The summed E-state index contributed by atoms with van der Waals surface area (Å²) >= 11 is 1.23. The normalized spacial score (nSPS) is 10.8. The smallest absolute Gasteiger partial charge is 0.266 e. The van der Waals surface area contributed by atoms with Gasteiger partial charge in [0.15, 0.2) is 5.16 Å². The van der Waals surface area contributed by atoms with E-state index in [4.69, 9.17) is 4.74 Å². The number of amides is 1. The average molecular weight is 446 g/mol. The first kappa shape index (κ1) is 21.6. The fraction of sp³-hybridized carbons (Fsp3) is 0.160. The van der Waals surface area contributed by atoms with Crippen LogP contribution in [-0.4, -0.2) is 28.3 Å². The van der Waals surface area contributed by atoms with E-state index in [0.29, 0.717) is 27.5 Å². The van der Waals surface area contributed by atoms with Gasteiger partial charge in [0.25, 0.3) is 5.56 Å². The third-order valence-electron chi connectivity index (χ3n) is 4.91. The molecule has 4 aromatic rings. The van der Waals surface area contributed by atoms with E-state index >= 15 is 0 Å². The Bertz CT molecular complexity index is 1330. The number of ether oxygens (including phenoxy) is 1. The number of para-hydroxylation sites is 1. The molecule has 0 bridgehead atoms. The van der Waals surface area contributed by atoms with Gasteiger partial charge in [-0.2, -0.15) is 0 Å². The summed E-state index contributed by atoms with van der Waals surface area (Å²) in [6.45, 7) is 3.98. The SMILES string of the molecule is COc1ccc(-n2c(SCC(=O)Nc3cc(C)cc(C)c3)nc3ccccc3c2=O)cc1. The molecule has 32 heavy (non-hydrogen) atoms. The number of benzene rings is 3. The maximum Gasteiger partial charge on any atom is 0.266 e. The number of methoxy groups -OCH3 is 1. The van der Waals surface area contributed by atoms with Gasteiger partial charge in [0.2, 0.25) is 5.91 Å².